The first-order valence-corrected chi connectivity index (χ1v) is 10.00. The molecular weight excluding hydrogens is 380 g/mol. The average molecular weight is 400 g/mol. The molecule has 0 N–H and O–H groups in total. The second kappa shape index (κ2) is 6.29. The fourth-order valence-electron chi connectivity index (χ4n) is 5.05. The van der Waals surface area contributed by atoms with E-state index >= 15 is 0 Å². The smallest absolute Gasteiger partial charge is 0.269 e. The summed E-state index contributed by atoms with van der Waals surface area (Å²) in [6.07, 6.45) is 1.05. The van der Waals surface area contributed by atoms with Gasteiger partial charge in [0.15, 0.2) is 11.6 Å². The normalized spacial score (nSPS) is 24.1. The zero-order chi connectivity index (χ0) is 21.2. The molecule has 1 heterocycles. The Labute approximate surface area is 173 Å². The van der Waals surface area contributed by atoms with Crippen molar-refractivity contribution in [2.45, 2.75) is 32.6 Å². The highest BCUT2D eigenvalue weighted by Crippen LogP contribution is 2.51. The summed E-state index contributed by atoms with van der Waals surface area (Å²) in [6.45, 7) is 4.10. The molecule has 6 heteroatoms. The van der Waals surface area contributed by atoms with Gasteiger partial charge in [0, 0.05) is 46.9 Å². The minimum atomic E-state index is -0.576. The third-order valence-corrected chi connectivity index (χ3v) is 6.30. The summed E-state index contributed by atoms with van der Waals surface area (Å²) in [5.74, 6) is -1.09. The summed E-state index contributed by atoms with van der Waals surface area (Å²) in [4.78, 5) is 42.1. The van der Waals surface area contributed by atoms with E-state index in [2.05, 4.69) is 13.8 Å². The lowest BCUT2D eigenvalue weighted by atomic mass is 9.66. The van der Waals surface area contributed by atoms with Gasteiger partial charge in [-0.05, 0) is 17.4 Å². The number of nitro benzene ring substituents is 1. The fraction of sp³-hybridized carbons (Fsp3) is 0.292. The largest absolute Gasteiger partial charge is 0.294 e. The van der Waals surface area contributed by atoms with Crippen LogP contribution in [0.5, 0.6) is 0 Å². The second-order valence-corrected chi connectivity index (χ2v) is 9.01. The molecule has 0 radical (unpaired) electrons. The van der Waals surface area contributed by atoms with E-state index in [1.54, 1.807) is 18.2 Å². The highest BCUT2D eigenvalue weighted by molar-refractivity contribution is 6.30. The number of Topliss-reactive ketones (excluding diaryl/α,β-unsaturated/α-hetero) is 2. The van der Waals surface area contributed by atoms with Crippen molar-refractivity contribution in [3.05, 3.63) is 86.6 Å². The van der Waals surface area contributed by atoms with Crippen molar-refractivity contribution in [1.82, 2.24) is 0 Å². The minimum Gasteiger partial charge on any atom is -0.294 e. The Morgan fingerprint density at radius 1 is 0.967 bits per heavy atom. The molecule has 150 valence electrons. The first-order chi connectivity index (χ1) is 14.3. The lowest BCUT2D eigenvalue weighted by Crippen LogP contribution is -2.37. The zero-order valence-electron chi connectivity index (χ0n) is 16.7. The second-order valence-electron chi connectivity index (χ2n) is 9.01. The molecule has 0 spiro atoms. The molecule has 6 nitrogen and oxygen atoms in total. The molecule has 3 aliphatic rings. The number of benzene rings is 2. The van der Waals surface area contributed by atoms with Gasteiger partial charge in [-0.2, -0.15) is 0 Å². The molecule has 0 saturated heterocycles. The van der Waals surface area contributed by atoms with Crippen LogP contribution in [0, 0.1) is 21.4 Å². The summed E-state index contributed by atoms with van der Waals surface area (Å²) in [5, 5.41) is 11.1. The predicted molar refractivity (Wildman–Crippen MR) is 112 cm³/mol. The third kappa shape index (κ3) is 2.67. The van der Waals surface area contributed by atoms with E-state index in [0.717, 1.165) is 16.8 Å². The number of nitro groups is 1. The molecule has 2 atom stereocenters. The Morgan fingerprint density at radius 2 is 1.63 bits per heavy atom. The van der Waals surface area contributed by atoms with Crippen molar-refractivity contribution in [3.8, 4) is 0 Å². The van der Waals surface area contributed by atoms with E-state index in [-0.39, 0.29) is 22.7 Å². The van der Waals surface area contributed by atoms with Gasteiger partial charge in [-0.25, -0.2) is 0 Å². The first-order valence-electron chi connectivity index (χ1n) is 10.00. The Kier molecular flexibility index (Phi) is 3.90. The van der Waals surface area contributed by atoms with Crippen LogP contribution < -0.4 is 0 Å². The van der Waals surface area contributed by atoms with Gasteiger partial charge in [-0.15, -0.1) is 0 Å². The van der Waals surface area contributed by atoms with Crippen LogP contribution in [-0.2, 0) is 4.79 Å². The first kappa shape index (κ1) is 18.6. The lowest BCUT2D eigenvalue weighted by Gasteiger charge is -2.38. The number of hydrogen-bond donors (Lipinski definition) is 0. The van der Waals surface area contributed by atoms with Crippen molar-refractivity contribution >= 4 is 23.0 Å². The van der Waals surface area contributed by atoms with Gasteiger partial charge in [0.1, 0.15) is 0 Å². The molecular formula is C24H20N2O4. The Hall–Kier alpha value is -3.41. The number of carbonyl (C=O) groups is 2. The summed E-state index contributed by atoms with van der Waals surface area (Å²) >= 11 is 0. The monoisotopic (exact) mass is 400 g/mol. The summed E-state index contributed by atoms with van der Waals surface area (Å²) in [5.41, 5.74) is 4.02. The van der Waals surface area contributed by atoms with Crippen molar-refractivity contribution < 1.29 is 14.5 Å². The molecule has 0 saturated carbocycles. The van der Waals surface area contributed by atoms with Crippen LogP contribution in [0.2, 0.25) is 0 Å². The van der Waals surface area contributed by atoms with E-state index in [1.165, 1.54) is 12.1 Å². The van der Waals surface area contributed by atoms with E-state index in [0.29, 0.717) is 29.7 Å². The standard InChI is InChI=1S/C24H20N2O4/c1-24(2)11-17-20(18(27)12-24)19(13-7-9-14(10-8-13)26(29)30)21-22(25-17)15-5-3-4-6-16(15)23(21)28/h3-10,19,21H,11-12H2,1-2H3/t19-,21+/m1/s1. The van der Waals surface area contributed by atoms with E-state index < -0.39 is 16.8 Å². The summed E-state index contributed by atoms with van der Waals surface area (Å²) < 4.78 is 0. The number of allylic oxidation sites excluding steroid dienone is 2. The van der Waals surface area contributed by atoms with Gasteiger partial charge in [0.05, 0.1) is 16.6 Å². The van der Waals surface area contributed by atoms with E-state index in [9.17, 15) is 19.7 Å². The van der Waals surface area contributed by atoms with Crippen LogP contribution in [0.25, 0.3) is 0 Å². The summed E-state index contributed by atoms with van der Waals surface area (Å²) in [7, 11) is 0. The maximum absolute atomic E-state index is 13.4. The van der Waals surface area contributed by atoms with Gasteiger partial charge < -0.3 is 0 Å². The quantitative estimate of drug-likeness (QED) is 0.543. The van der Waals surface area contributed by atoms with Crippen LogP contribution >= 0.6 is 0 Å². The molecule has 2 aromatic rings. The average Bonchev–Trinajstić information content (AvgIpc) is 2.98. The van der Waals surface area contributed by atoms with Gasteiger partial charge in [0.2, 0.25) is 0 Å². The van der Waals surface area contributed by atoms with Gasteiger partial charge in [-0.3, -0.25) is 24.7 Å². The van der Waals surface area contributed by atoms with Crippen molar-refractivity contribution in [1.29, 1.82) is 0 Å². The van der Waals surface area contributed by atoms with Crippen molar-refractivity contribution in [2.24, 2.45) is 16.3 Å². The number of non-ortho nitro benzene ring substituents is 1. The number of carbonyl (C=O) groups excluding carboxylic acids is 2. The van der Waals surface area contributed by atoms with Crippen LogP contribution in [0.3, 0.4) is 0 Å². The third-order valence-electron chi connectivity index (χ3n) is 6.30. The molecule has 0 bridgehead atoms. The molecule has 2 aromatic carbocycles. The van der Waals surface area contributed by atoms with Crippen LogP contribution in [-0.4, -0.2) is 22.2 Å². The van der Waals surface area contributed by atoms with Crippen molar-refractivity contribution in [3.63, 3.8) is 0 Å². The Bertz CT molecular complexity index is 1190. The molecule has 2 aliphatic carbocycles. The van der Waals surface area contributed by atoms with E-state index in [4.69, 9.17) is 4.99 Å². The molecule has 0 fully saturated rings. The van der Waals surface area contributed by atoms with E-state index in [1.807, 2.05) is 18.2 Å². The predicted octanol–water partition coefficient (Wildman–Crippen LogP) is 4.64. The number of aliphatic imine (C=N–C) groups is 1. The summed E-state index contributed by atoms with van der Waals surface area (Å²) in [6, 6.07) is 13.6. The van der Waals surface area contributed by atoms with Crippen molar-refractivity contribution in [2.75, 3.05) is 0 Å². The van der Waals surface area contributed by atoms with Crippen LogP contribution in [0.4, 0.5) is 5.69 Å². The van der Waals surface area contributed by atoms with Gasteiger partial charge >= 0.3 is 0 Å². The number of nitrogens with zero attached hydrogens (tertiary/aromatic N) is 2. The topological polar surface area (TPSA) is 89.6 Å². The molecule has 5 rings (SSSR count). The maximum atomic E-state index is 13.4. The van der Waals surface area contributed by atoms with Crippen LogP contribution in [0.1, 0.15) is 54.1 Å². The molecule has 0 aromatic heterocycles. The SMILES string of the molecule is CC1(C)CC(=O)C2=C(C1)N=C1c3ccccc3C(=O)[C@H]1[C@@H]2c1ccc([N+](=O)[O-])cc1. The lowest BCUT2D eigenvalue weighted by molar-refractivity contribution is -0.384. The Balaban J connectivity index is 1.73. The van der Waals surface area contributed by atoms with Gasteiger partial charge in [0.25, 0.3) is 5.69 Å². The highest BCUT2D eigenvalue weighted by Gasteiger charge is 2.50. The Morgan fingerprint density at radius 3 is 2.30 bits per heavy atom. The zero-order valence-corrected chi connectivity index (χ0v) is 16.7. The molecule has 1 aliphatic heterocycles. The highest BCUT2D eigenvalue weighted by atomic mass is 16.6. The minimum absolute atomic E-state index is 0.0103. The number of fused-ring (bicyclic) bond motifs is 3. The molecule has 0 amide bonds. The number of ketones is 2. The fourth-order valence-corrected chi connectivity index (χ4v) is 5.05. The maximum Gasteiger partial charge on any atom is 0.269 e. The number of hydrogen-bond acceptors (Lipinski definition) is 5. The van der Waals surface area contributed by atoms with Gasteiger partial charge in [-0.1, -0.05) is 50.2 Å². The molecule has 0 unspecified atom stereocenters. The molecule has 30 heavy (non-hydrogen) atoms. The number of rotatable bonds is 2. The van der Waals surface area contributed by atoms with Crippen LogP contribution in [0.15, 0.2) is 64.8 Å².